The predicted molar refractivity (Wildman–Crippen MR) is 134 cm³/mol. The third kappa shape index (κ3) is 4.95. The number of halogens is 1. The van der Waals surface area contributed by atoms with Crippen molar-refractivity contribution in [3.63, 3.8) is 0 Å². The fourth-order valence-corrected chi connectivity index (χ4v) is 4.37. The predicted octanol–water partition coefficient (Wildman–Crippen LogP) is 5.34. The van der Waals surface area contributed by atoms with E-state index in [1.165, 1.54) is 11.8 Å². The second-order valence-corrected chi connectivity index (χ2v) is 8.94. The zero-order chi connectivity index (χ0) is 24.3. The lowest BCUT2D eigenvalue weighted by molar-refractivity contribution is -0.123. The van der Waals surface area contributed by atoms with E-state index in [2.05, 4.69) is 10.2 Å². The van der Waals surface area contributed by atoms with Crippen LogP contribution >= 0.6 is 23.8 Å². The van der Waals surface area contributed by atoms with Crippen molar-refractivity contribution in [3.05, 3.63) is 58.4 Å². The third-order valence-electron chi connectivity index (χ3n) is 5.49. The van der Waals surface area contributed by atoms with Crippen molar-refractivity contribution in [2.75, 3.05) is 23.4 Å². The van der Waals surface area contributed by atoms with Crippen LogP contribution in [0.15, 0.2) is 36.4 Å². The minimum atomic E-state index is -0.825. The summed E-state index contributed by atoms with van der Waals surface area (Å²) in [5.74, 6) is 0.420. The second-order valence-electron chi connectivity index (χ2n) is 8.20. The van der Waals surface area contributed by atoms with Gasteiger partial charge in [-0.05, 0) is 75.3 Å². The lowest BCUT2D eigenvalue weighted by Crippen LogP contribution is -2.44. The fourth-order valence-electron chi connectivity index (χ4n) is 3.66. The highest BCUT2D eigenvalue weighted by Gasteiger charge is 2.49. The van der Waals surface area contributed by atoms with Gasteiger partial charge in [-0.2, -0.15) is 0 Å². The molecular formula is C24H25ClN4O3S. The standard InChI is InChI=1S/C24H25ClN4O3S/c1-15-20(12-11-19(26-5)21(15)25)29-22(31)24(3,4)28(23(29)33)13-6-14-32-18-9-7-17(8-10-18)27-16(2)30/h7-12H,6,13-14H2,1-4H3,(H,27,30). The molecule has 1 N–H and O–H groups in total. The van der Waals surface area contributed by atoms with Crippen LogP contribution in [0.3, 0.4) is 0 Å². The van der Waals surface area contributed by atoms with Gasteiger partial charge >= 0.3 is 0 Å². The molecule has 1 fully saturated rings. The summed E-state index contributed by atoms with van der Waals surface area (Å²) in [5.41, 5.74) is 1.46. The highest BCUT2D eigenvalue weighted by molar-refractivity contribution is 7.80. The summed E-state index contributed by atoms with van der Waals surface area (Å²) < 4.78 is 5.80. The molecule has 2 aromatic rings. The molecule has 1 aliphatic rings. The number of anilines is 2. The van der Waals surface area contributed by atoms with Crippen molar-refractivity contribution in [2.24, 2.45) is 0 Å². The summed E-state index contributed by atoms with van der Waals surface area (Å²) in [6.07, 6.45) is 0.647. The van der Waals surface area contributed by atoms with E-state index >= 15 is 0 Å². The molecule has 9 heteroatoms. The molecule has 0 aromatic heterocycles. The van der Waals surface area contributed by atoms with Gasteiger partial charge < -0.3 is 15.0 Å². The number of nitrogens with one attached hydrogen (secondary N) is 1. The number of carbonyl (C=O) groups excluding carboxylic acids is 2. The Bertz CT molecular complexity index is 1140. The van der Waals surface area contributed by atoms with E-state index in [-0.39, 0.29) is 11.8 Å². The fraction of sp³-hybridized carbons (Fsp3) is 0.333. The molecule has 3 rings (SSSR count). The van der Waals surface area contributed by atoms with Crippen molar-refractivity contribution < 1.29 is 14.3 Å². The van der Waals surface area contributed by atoms with Crippen molar-refractivity contribution in [1.82, 2.24) is 4.90 Å². The summed E-state index contributed by atoms with van der Waals surface area (Å²) in [4.78, 5) is 31.2. The zero-order valence-electron chi connectivity index (χ0n) is 18.9. The Morgan fingerprint density at radius 1 is 1.24 bits per heavy atom. The molecule has 2 amide bonds. The lowest BCUT2D eigenvalue weighted by Gasteiger charge is -2.29. The average molecular weight is 485 g/mol. The van der Waals surface area contributed by atoms with Gasteiger partial charge in [-0.15, -0.1) is 0 Å². The molecular weight excluding hydrogens is 460 g/mol. The normalized spacial score (nSPS) is 14.9. The van der Waals surface area contributed by atoms with Crippen LogP contribution in [0, 0.1) is 13.5 Å². The summed E-state index contributed by atoms with van der Waals surface area (Å²) in [7, 11) is 0. The molecule has 1 heterocycles. The van der Waals surface area contributed by atoms with Gasteiger partial charge in [0.15, 0.2) is 5.11 Å². The molecule has 0 bridgehead atoms. The SMILES string of the molecule is [C-]#[N+]c1ccc(N2C(=O)C(C)(C)N(CCCOc3ccc(NC(C)=O)cc3)C2=S)c(C)c1Cl. The zero-order valence-corrected chi connectivity index (χ0v) is 20.5. The smallest absolute Gasteiger partial charge is 0.258 e. The monoisotopic (exact) mass is 484 g/mol. The Hall–Kier alpha value is -3.15. The molecule has 1 saturated heterocycles. The Morgan fingerprint density at radius 2 is 1.91 bits per heavy atom. The molecule has 0 atom stereocenters. The largest absolute Gasteiger partial charge is 0.494 e. The number of benzene rings is 2. The van der Waals surface area contributed by atoms with E-state index < -0.39 is 5.54 Å². The molecule has 0 radical (unpaired) electrons. The minimum absolute atomic E-state index is 0.128. The van der Waals surface area contributed by atoms with Gasteiger partial charge in [0.05, 0.1) is 23.9 Å². The summed E-state index contributed by atoms with van der Waals surface area (Å²) in [6, 6.07) is 10.5. The van der Waals surface area contributed by atoms with Crippen molar-refractivity contribution >= 4 is 57.8 Å². The van der Waals surface area contributed by atoms with Gasteiger partial charge in [-0.1, -0.05) is 17.7 Å². The number of thiocarbonyl (C=S) groups is 1. The molecule has 0 saturated carbocycles. The van der Waals surface area contributed by atoms with Crippen LogP contribution in [-0.4, -0.2) is 40.5 Å². The molecule has 1 aliphatic heterocycles. The number of hydrogen-bond acceptors (Lipinski definition) is 4. The van der Waals surface area contributed by atoms with Crippen LogP contribution in [0.5, 0.6) is 5.75 Å². The van der Waals surface area contributed by atoms with Gasteiger partial charge in [0.1, 0.15) is 11.3 Å². The topological polar surface area (TPSA) is 66.2 Å². The maximum absolute atomic E-state index is 13.3. The minimum Gasteiger partial charge on any atom is -0.494 e. The van der Waals surface area contributed by atoms with Crippen LogP contribution in [0.1, 0.15) is 32.8 Å². The molecule has 7 nitrogen and oxygen atoms in total. The Labute approximate surface area is 204 Å². The Kier molecular flexibility index (Phi) is 7.25. The Morgan fingerprint density at radius 3 is 2.52 bits per heavy atom. The van der Waals surface area contributed by atoms with Crippen LogP contribution in [-0.2, 0) is 9.59 Å². The second kappa shape index (κ2) is 9.77. The van der Waals surface area contributed by atoms with Crippen molar-refractivity contribution in [2.45, 2.75) is 39.7 Å². The molecule has 0 spiro atoms. The number of hydrogen-bond donors (Lipinski definition) is 1. The molecule has 2 aromatic carbocycles. The van der Waals surface area contributed by atoms with Gasteiger partial charge in [-0.25, -0.2) is 4.85 Å². The van der Waals surface area contributed by atoms with Crippen LogP contribution in [0.2, 0.25) is 5.02 Å². The summed E-state index contributed by atoms with van der Waals surface area (Å²) >= 11 is 12.0. The number of amides is 2. The van der Waals surface area contributed by atoms with Gasteiger partial charge in [0, 0.05) is 19.2 Å². The highest BCUT2D eigenvalue weighted by Crippen LogP contribution is 2.39. The summed E-state index contributed by atoms with van der Waals surface area (Å²) in [5, 5.41) is 3.44. The van der Waals surface area contributed by atoms with Crippen molar-refractivity contribution in [1.29, 1.82) is 0 Å². The van der Waals surface area contributed by atoms with Gasteiger partial charge in [-0.3, -0.25) is 14.5 Å². The van der Waals surface area contributed by atoms with E-state index in [9.17, 15) is 9.59 Å². The van der Waals surface area contributed by atoms with E-state index in [1.807, 2.05) is 18.7 Å². The van der Waals surface area contributed by atoms with Crippen LogP contribution < -0.4 is 15.0 Å². The molecule has 0 aliphatic carbocycles. The van der Waals surface area contributed by atoms with Gasteiger partial charge in [0.2, 0.25) is 11.6 Å². The first kappa shape index (κ1) is 24.5. The Balaban J connectivity index is 1.66. The lowest BCUT2D eigenvalue weighted by atomic mass is 10.0. The summed E-state index contributed by atoms with van der Waals surface area (Å²) in [6.45, 7) is 15.1. The molecule has 0 unspecified atom stereocenters. The average Bonchev–Trinajstić information content (AvgIpc) is 2.93. The first-order valence-corrected chi connectivity index (χ1v) is 11.2. The van der Waals surface area contributed by atoms with Crippen LogP contribution in [0.4, 0.5) is 17.1 Å². The first-order valence-electron chi connectivity index (χ1n) is 10.4. The molecule has 172 valence electrons. The molecule has 33 heavy (non-hydrogen) atoms. The highest BCUT2D eigenvalue weighted by atomic mass is 35.5. The van der Waals surface area contributed by atoms with E-state index in [4.69, 9.17) is 35.1 Å². The maximum atomic E-state index is 13.3. The number of ether oxygens (including phenoxy) is 1. The van der Waals surface area contributed by atoms with Gasteiger partial charge in [0.25, 0.3) is 5.91 Å². The number of nitrogens with zero attached hydrogens (tertiary/aromatic N) is 3. The third-order valence-corrected chi connectivity index (χ3v) is 6.37. The number of carbonyl (C=O) groups is 2. The quantitative estimate of drug-likeness (QED) is 0.326. The van der Waals surface area contributed by atoms with E-state index in [0.29, 0.717) is 58.1 Å². The van der Waals surface area contributed by atoms with Crippen LogP contribution in [0.25, 0.3) is 4.85 Å². The van der Waals surface area contributed by atoms with Crippen molar-refractivity contribution in [3.8, 4) is 5.75 Å². The van der Waals surface area contributed by atoms with E-state index in [1.54, 1.807) is 43.3 Å². The van der Waals surface area contributed by atoms with E-state index in [0.717, 1.165) is 0 Å². The first-order chi connectivity index (χ1) is 15.6. The maximum Gasteiger partial charge on any atom is 0.258 e. The number of rotatable bonds is 7.